The van der Waals surface area contributed by atoms with E-state index in [0.717, 1.165) is 18.7 Å². The van der Waals surface area contributed by atoms with Crippen molar-refractivity contribution in [2.24, 2.45) is 5.73 Å². The number of nitrogens with two attached hydrogens (primary N) is 1. The minimum Gasteiger partial charge on any atom is -0.394 e. The molecule has 84 valence electrons. The third kappa shape index (κ3) is 1.78. The van der Waals surface area contributed by atoms with Gasteiger partial charge in [-0.2, -0.15) is 0 Å². The smallest absolute Gasteiger partial charge is 0.0954 e. The topological polar surface area (TPSA) is 73.3 Å². The first-order chi connectivity index (χ1) is 7.17. The molecule has 0 radical (unpaired) electrons. The van der Waals surface area contributed by atoms with Gasteiger partial charge in [-0.25, -0.2) is 4.98 Å². The van der Waals surface area contributed by atoms with Gasteiger partial charge in [0.1, 0.15) is 0 Å². The fraction of sp³-hybridized carbons (Fsp3) is 0.700. The van der Waals surface area contributed by atoms with Crippen molar-refractivity contribution in [2.75, 3.05) is 19.8 Å². The Kier molecular flexibility index (Phi) is 2.77. The van der Waals surface area contributed by atoms with Crippen molar-refractivity contribution in [3.63, 3.8) is 0 Å². The molecule has 0 aliphatic carbocycles. The van der Waals surface area contributed by atoms with Crippen LogP contribution in [-0.2, 0) is 10.3 Å². The number of hydrogen-bond donors (Lipinski definition) is 2. The Hall–Kier alpha value is -0.910. The van der Waals surface area contributed by atoms with E-state index in [2.05, 4.69) is 11.9 Å². The molecule has 2 heterocycles. The molecule has 5 heteroatoms. The molecule has 0 spiro atoms. The number of imidazole rings is 1. The van der Waals surface area contributed by atoms with E-state index in [1.54, 1.807) is 12.5 Å². The molecule has 0 saturated carbocycles. The lowest BCUT2D eigenvalue weighted by Crippen LogP contribution is -2.33. The number of ether oxygens (including phenoxy) is 1. The minimum atomic E-state index is -0.370. The molecule has 2 rings (SSSR count). The fourth-order valence-corrected chi connectivity index (χ4v) is 1.97. The lowest BCUT2D eigenvalue weighted by Gasteiger charge is -2.27. The quantitative estimate of drug-likeness (QED) is 0.738. The standard InChI is InChI=1S/C10H17N3O2/c1-10(2-3-15-6-10)13-7-12-4-9(13)8(11)5-14/h4,7-8,14H,2-3,5-6,11H2,1H3. The summed E-state index contributed by atoms with van der Waals surface area (Å²) in [6.07, 6.45) is 4.43. The van der Waals surface area contributed by atoms with E-state index in [1.165, 1.54) is 0 Å². The lowest BCUT2D eigenvalue weighted by atomic mass is 10.0. The number of nitrogens with zero attached hydrogens (tertiary/aromatic N) is 2. The zero-order valence-electron chi connectivity index (χ0n) is 8.89. The summed E-state index contributed by atoms with van der Waals surface area (Å²) in [5.74, 6) is 0. The molecule has 3 N–H and O–H groups in total. The van der Waals surface area contributed by atoms with Crippen LogP contribution in [0.15, 0.2) is 12.5 Å². The van der Waals surface area contributed by atoms with Gasteiger partial charge in [0.2, 0.25) is 0 Å². The molecule has 1 saturated heterocycles. The second kappa shape index (κ2) is 3.92. The third-order valence-corrected chi connectivity index (χ3v) is 3.02. The molecule has 0 aromatic carbocycles. The Balaban J connectivity index is 2.31. The molecule has 1 aliphatic heterocycles. The molecule has 1 aliphatic rings. The molecule has 15 heavy (non-hydrogen) atoms. The van der Waals surface area contributed by atoms with Gasteiger partial charge in [0, 0.05) is 12.8 Å². The van der Waals surface area contributed by atoms with Crippen LogP contribution in [0.2, 0.25) is 0 Å². The summed E-state index contributed by atoms with van der Waals surface area (Å²) < 4.78 is 7.43. The van der Waals surface area contributed by atoms with Crippen LogP contribution in [0.1, 0.15) is 25.1 Å². The van der Waals surface area contributed by atoms with Gasteiger partial charge in [0.25, 0.3) is 0 Å². The number of aliphatic hydroxyl groups excluding tert-OH is 1. The Labute approximate surface area is 88.9 Å². The van der Waals surface area contributed by atoms with Crippen LogP contribution in [0.4, 0.5) is 0 Å². The summed E-state index contributed by atoms with van der Waals surface area (Å²) >= 11 is 0. The highest BCUT2D eigenvalue weighted by atomic mass is 16.5. The second-order valence-corrected chi connectivity index (χ2v) is 4.28. The molecular weight excluding hydrogens is 194 g/mol. The average molecular weight is 211 g/mol. The fourth-order valence-electron chi connectivity index (χ4n) is 1.97. The lowest BCUT2D eigenvalue weighted by molar-refractivity contribution is 0.158. The maximum Gasteiger partial charge on any atom is 0.0954 e. The number of aromatic nitrogens is 2. The van der Waals surface area contributed by atoms with E-state index < -0.39 is 0 Å². The molecule has 0 bridgehead atoms. The Morgan fingerprint density at radius 1 is 1.80 bits per heavy atom. The summed E-state index contributed by atoms with van der Waals surface area (Å²) in [5, 5.41) is 9.06. The van der Waals surface area contributed by atoms with Gasteiger partial charge in [-0.3, -0.25) is 0 Å². The first-order valence-corrected chi connectivity index (χ1v) is 5.14. The van der Waals surface area contributed by atoms with Crippen LogP contribution in [0.25, 0.3) is 0 Å². The molecule has 2 atom stereocenters. The van der Waals surface area contributed by atoms with Crippen LogP contribution >= 0.6 is 0 Å². The van der Waals surface area contributed by atoms with Crippen molar-refractivity contribution >= 4 is 0 Å². The first-order valence-electron chi connectivity index (χ1n) is 5.14. The monoisotopic (exact) mass is 211 g/mol. The highest BCUT2D eigenvalue weighted by molar-refractivity contribution is 5.09. The molecular formula is C10H17N3O2. The molecule has 1 aromatic heterocycles. The van der Waals surface area contributed by atoms with Gasteiger partial charge in [0.15, 0.2) is 0 Å². The van der Waals surface area contributed by atoms with Gasteiger partial charge in [-0.1, -0.05) is 0 Å². The zero-order chi connectivity index (χ0) is 10.9. The Bertz CT molecular complexity index is 331. The van der Waals surface area contributed by atoms with Gasteiger partial charge in [-0.15, -0.1) is 0 Å². The Morgan fingerprint density at radius 2 is 2.60 bits per heavy atom. The van der Waals surface area contributed by atoms with E-state index in [0.29, 0.717) is 6.61 Å². The van der Waals surface area contributed by atoms with Crippen LogP contribution in [0.5, 0.6) is 0 Å². The number of hydrogen-bond acceptors (Lipinski definition) is 4. The highest BCUT2D eigenvalue weighted by Gasteiger charge is 2.33. The van der Waals surface area contributed by atoms with Crippen LogP contribution in [0, 0.1) is 0 Å². The van der Waals surface area contributed by atoms with Gasteiger partial charge in [0.05, 0.1) is 36.8 Å². The summed E-state index contributed by atoms with van der Waals surface area (Å²) in [5.41, 5.74) is 6.61. The number of aliphatic hydroxyl groups is 1. The molecule has 1 fully saturated rings. The molecule has 2 unspecified atom stereocenters. The van der Waals surface area contributed by atoms with E-state index in [1.807, 2.05) is 4.57 Å². The predicted octanol–water partition coefficient (Wildman–Crippen LogP) is 0.0107. The van der Waals surface area contributed by atoms with E-state index >= 15 is 0 Å². The molecule has 5 nitrogen and oxygen atoms in total. The number of rotatable bonds is 3. The van der Waals surface area contributed by atoms with Crippen molar-refractivity contribution in [3.05, 3.63) is 18.2 Å². The predicted molar refractivity (Wildman–Crippen MR) is 55.3 cm³/mol. The molecule has 0 amide bonds. The van der Waals surface area contributed by atoms with Gasteiger partial charge in [-0.05, 0) is 13.3 Å². The maximum absolute atomic E-state index is 9.06. The minimum absolute atomic E-state index is 0.0668. The van der Waals surface area contributed by atoms with Crippen molar-refractivity contribution in [1.29, 1.82) is 0 Å². The van der Waals surface area contributed by atoms with Gasteiger partial charge >= 0.3 is 0 Å². The van der Waals surface area contributed by atoms with Crippen LogP contribution < -0.4 is 5.73 Å². The van der Waals surface area contributed by atoms with Crippen LogP contribution in [-0.4, -0.2) is 34.5 Å². The average Bonchev–Trinajstić information content (AvgIpc) is 2.85. The van der Waals surface area contributed by atoms with Crippen molar-refractivity contribution in [1.82, 2.24) is 9.55 Å². The summed E-state index contributed by atoms with van der Waals surface area (Å²) in [4.78, 5) is 4.10. The van der Waals surface area contributed by atoms with Crippen molar-refractivity contribution in [2.45, 2.75) is 24.9 Å². The highest BCUT2D eigenvalue weighted by Crippen LogP contribution is 2.29. The summed E-state index contributed by atoms with van der Waals surface area (Å²) in [6.45, 7) is 3.49. The van der Waals surface area contributed by atoms with Crippen molar-refractivity contribution < 1.29 is 9.84 Å². The van der Waals surface area contributed by atoms with Crippen LogP contribution in [0.3, 0.4) is 0 Å². The van der Waals surface area contributed by atoms with E-state index in [9.17, 15) is 0 Å². The largest absolute Gasteiger partial charge is 0.394 e. The normalized spacial score (nSPS) is 28.2. The first kappa shape index (κ1) is 10.6. The maximum atomic E-state index is 9.06. The second-order valence-electron chi connectivity index (χ2n) is 4.28. The van der Waals surface area contributed by atoms with Gasteiger partial charge < -0.3 is 20.1 Å². The van der Waals surface area contributed by atoms with Crippen molar-refractivity contribution in [3.8, 4) is 0 Å². The SMILES string of the molecule is CC1(n2cncc2C(N)CO)CCOC1. The molecule has 1 aromatic rings. The zero-order valence-corrected chi connectivity index (χ0v) is 8.89. The Morgan fingerprint density at radius 3 is 3.20 bits per heavy atom. The summed E-state index contributed by atoms with van der Waals surface area (Å²) in [7, 11) is 0. The van der Waals surface area contributed by atoms with E-state index in [4.69, 9.17) is 15.6 Å². The van der Waals surface area contributed by atoms with E-state index in [-0.39, 0.29) is 18.2 Å². The third-order valence-electron chi connectivity index (χ3n) is 3.02. The summed E-state index contributed by atoms with van der Waals surface area (Å²) in [6, 6.07) is -0.370.